The fourth-order valence-corrected chi connectivity index (χ4v) is 2.58. The van der Waals surface area contributed by atoms with Crippen LogP contribution in [-0.4, -0.2) is 38.1 Å². The number of rotatable bonds is 4. The number of quaternary nitrogens is 1. The van der Waals surface area contributed by atoms with E-state index >= 15 is 0 Å². The lowest BCUT2D eigenvalue weighted by Gasteiger charge is -2.35. The van der Waals surface area contributed by atoms with Gasteiger partial charge in [-0.2, -0.15) is 0 Å². The molecule has 0 aliphatic rings. The van der Waals surface area contributed by atoms with Gasteiger partial charge in [-0.3, -0.25) is 0 Å². The van der Waals surface area contributed by atoms with E-state index in [1.54, 1.807) is 12.1 Å². The number of nitrogens with zero attached hydrogens (tertiary/aromatic N) is 1. The topological polar surface area (TPSA) is 57.2 Å². The number of benzene rings is 2. The van der Waals surface area contributed by atoms with Crippen LogP contribution in [0.2, 0.25) is 0 Å². The van der Waals surface area contributed by atoms with Gasteiger partial charge in [0.1, 0.15) is 16.2 Å². The Kier molecular flexibility index (Phi) is 7.14. The zero-order chi connectivity index (χ0) is 18.4. The fourth-order valence-electron chi connectivity index (χ4n) is 2.11. The molecule has 1 unspecified atom stereocenters. The lowest BCUT2D eigenvalue weighted by molar-refractivity contribution is -0.917. The molecule has 0 aliphatic heterocycles. The molecule has 24 heavy (non-hydrogen) atoms. The molecular formula is C19H27NO3S. The summed E-state index contributed by atoms with van der Waals surface area (Å²) in [5.74, 6) is 0. The molecule has 2 rings (SSSR count). The van der Waals surface area contributed by atoms with E-state index in [0.29, 0.717) is 6.04 Å². The van der Waals surface area contributed by atoms with Gasteiger partial charge in [-0.15, -0.1) is 0 Å². The molecule has 0 spiro atoms. The van der Waals surface area contributed by atoms with Crippen LogP contribution in [0.3, 0.4) is 0 Å². The molecule has 132 valence electrons. The molecule has 0 aliphatic carbocycles. The van der Waals surface area contributed by atoms with Crippen LogP contribution in [-0.2, 0) is 10.1 Å². The number of hydrogen-bond acceptors (Lipinski definition) is 3. The first-order valence-electron chi connectivity index (χ1n) is 7.98. The maximum atomic E-state index is 10.4. The summed E-state index contributed by atoms with van der Waals surface area (Å²) in [6.45, 7) is 7.51. The van der Waals surface area contributed by atoms with Crippen molar-refractivity contribution in [2.75, 3.05) is 20.6 Å². The normalized spacial score (nSPS) is 12.9. The lowest BCUT2D eigenvalue weighted by Crippen LogP contribution is -2.41. The van der Waals surface area contributed by atoms with Gasteiger partial charge in [0, 0.05) is 5.56 Å². The van der Waals surface area contributed by atoms with Gasteiger partial charge in [0.25, 0.3) is 0 Å². The van der Waals surface area contributed by atoms with Crippen LogP contribution in [0.5, 0.6) is 0 Å². The summed E-state index contributed by atoms with van der Waals surface area (Å²) >= 11 is 0. The Hall–Kier alpha value is -1.69. The molecule has 4 nitrogen and oxygen atoms in total. The highest BCUT2D eigenvalue weighted by atomic mass is 32.2. The molecule has 0 saturated heterocycles. The molecule has 0 N–H and O–H groups in total. The van der Waals surface area contributed by atoms with Gasteiger partial charge in [0.15, 0.2) is 0 Å². The van der Waals surface area contributed by atoms with Crippen molar-refractivity contribution in [3.8, 4) is 0 Å². The molecule has 2 aromatic carbocycles. The van der Waals surface area contributed by atoms with Crippen molar-refractivity contribution in [2.24, 2.45) is 0 Å². The number of hydrogen-bond donors (Lipinski definition) is 0. The monoisotopic (exact) mass is 349 g/mol. The summed E-state index contributed by atoms with van der Waals surface area (Å²) < 4.78 is 32.2. The van der Waals surface area contributed by atoms with E-state index in [9.17, 15) is 13.0 Å². The van der Waals surface area contributed by atoms with Crippen molar-refractivity contribution in [1.29, 1.82) is 0 Å². The molecular weight excluding hydrogens is 322 g/mol. The average molecular weight is 349 g/mol. The van der Waals surface area contributed by atoms with Crippen LogP contribution in [0.25, 0.3) is 0 Å². The van der Waals surface area contributed by atoms with Crippen LogP contribution >= 0.6 is 0 Å². The van der Waals surface area contributed by atoms with Crippen molar-refractivity contribution < 1.29 is 17.5 Å². The van der Waals surface area contributed by atoms with E-state index in [2.05, 4.69) is 58.3 Å². The van der Waals surface area contributed by atoms with Crippen LogP contribution < -0.4 is 0 Å². The van der Waals surface area contributed by atoms with E-state index in [1.165, 1.54) is 17.7 Å². The smallest absolute Gasteiger partial charge is 0.124 e. The van der Waals surface area contributed by atoms with Crippen LogP contribution in [0.1, 0.15) is 31.0 Å². The van der Waals surface area contributed by atoms with Crippen molar-refractivity contribution in [3.63, 3.8) is 0 Å². The third-order valence-corrected chi connectivity index (χ3v) is 5.30. The second-order valence-corrected chi connectivity index (χ2v) is 7.83. The quantitative estimate of drug-likeness (QED) is 0.624. The maximum Gasteiger partial charge on any atom is 0.124 e. The predicted molar refractivity (Wildman–Crippen MR) is 96.6 cm³/mol. The third-order valence-electron chi connectivity index (χ3n) is 4.46. The summed E-state index contributed by atoms with van der Waals surface area (Å²) in [7, 11) is 0.281. The standard InChI is InChI=1S/C12H20N.C7H8O3S/c1-5-13(3,4)11(2)12-9-7-6-8-10-12;1-6-2-4-7(5-3-6)11(8,9)10/h6-11H,5H2,1-4H3;2-5H,1H3,(H,8,9,10)/q+1;/p-1. The molecule has 1 atom stereocenters. The maximum absolute atomic E-state index is 10.4. The molecule has 0 amide bonds. The summed E-state index contributed by atoms with van der Waals surface area (Å²) in [6, 6.07) is 17.1. The SMILES string of the molecule is CC[N+](C)(C)C(C)c1ccccc1.Cc1ccc(S(=O)(=O)[O-])cc1. The molecule has 0 saturated carbocycles. The largest absolute Gasteiger partial charge is 0.744 e. The minimum atomic E-state index is -4.27. The highest BCUT2D eigenvalue weighted by molar-refractivity contribution is 7.85. The van der Waals surface area contributed by atoms with E-state index in [-0.39, 0.29) is 4.90 Å². The highest BCUT2D eigenvalue weighted by Gasteiger charge is 2.22. The van der Waals surface area contributed by atoms with Crippen LogP contribution in [0.15, 0.2) is 59.5 Å². The Balaban J connectivity index is 0.000000243. The molecule has 5 heteroatoms. The zero-order valence-corrected chi connectivity index (χ0v) is 15.9. The fraction of sp³-hybridized carbons (Fsp3) is 0.368. The van der Waals surface area contributed by atoms with Gasteiger partial charge in [0.2, 0.25) is 0 Å². The van der Waals surface area contributed by atoms with E-state index in [0.717, 1.165) is 16.6 Å². The Morgan fingerprint density at radius 1 is 1.00 bits per heavy atom. The molecule has 2 aromatic rings. The Labute approximate surface area is 146 Å². The lowest BCUT2D eigenvalue weighted by atomic mass is 10.1. The van der Waals surface area contributed by atoms with Gasteiger partial charge >= 0.3 is 0 Å². The molecule has 0 aromatic heterocycles. The second-order valence-electron chi connectivity index (χ2n) is 6.45. The first-order valence-corrected chi connectivity index (χ1v) is 9.39. The zero-order valence-electron chi connectivity index (χ0n) is 15.1. The number of aryl methyl sites for hydroxylation is 1. The Bertz CT molecular complexity index is 723. The van der Waals surface area contributed by atoms with Gasteiger partial charge < -0.3 is 9.04 Å². The first-order chi connectivity index (χ1) is 11.1. The highest BCUT2D eigenvalue weighted by Crippen LogP contribution is 2.23. The average Bonchev–Trinajstić information content (AvgIpc) is 2.55. The summed E-state index contributed by atoms with van der Waals surface area (Å²) in [5, 5.41) is 0. The summed E-state index contributed by atoms with van der Waals surface area (Å²) in [4.78, 5) is -0.178. The predicted octanol–water partition coefficient (Wildman–Crippen LogP) is 3.74. The van der Waals surface area contributed by atoms with E-state index in [4.69, 9.17) is 0 Å². The van der Waals surface area contributed by atoms with Crippen molar-refractivity contribution in [3.05, 3.63) is 65.7 Å². The molecule has 0 fully saturated rings. The van der Waals surface area contributed by atoms with Crippen molar-refractivity contribution in [1.82, 2.24) is 0 Å². The van der Waals surface area contributed by atoms with Crippen molar-refractivity contribution in [2.45, 2.75) is 31.7 Å². The summed E-state index contributed by atoms with van der Waals surface area (Å²) in [5.41, 5.74) is 2.35. The Morgan fingerprint density at radius 2 is 1.50 bits per heavy atom. The van der Waals surface area contributed by atoms with Gasteiger partial charge in [0.05, 0.1) is 25.5 Å². The second kappa shape index (κ2) is 8.42. The minimum absolute atomic E-state index is 0.178. The van der Waals surface area contributed by atoms with Gasteiger partial charge in [-0.05, 0) is 32.9 Å². The Morgan fingerprint density at radius 3 is 1.92 bits per heavy atom. The van der Waals surface area contributed by atoms with Crippen molar-refractivity contribution >= 4 is 10.1 Å². The summed E-state index contributed by atoms with van der Waals surface area (Å²) in [6.07, 6.45) is 0. The van der Waals surface area contributed by atoms with Crippen LogP contribution in [0, 0.1) is 6.92 Å². The third kappa shape index (κ3) is 6.07. The molecule has 0 radical (unpaired) electrons. The molecule has 0 heterocycles. The van der Waals surface area contributed by atoms with E-state index < -0.39 is 10.1 Å². The van der Waals surface area contributed by atoms with Gasteiger partial charge in [-0.25, -0.2) is 8.42 Å². The molecule has 0 bridgehead atoms. The minimum Gasteiger partial charge on any atom is -0.744 e. The van der Waals surface area contributed by atoms with Gasteiger partial charge in [-0.1, -0.05) is 48.0 Å². The van der Waals surface area contributed by atoms with E-state index in [1.807, 2.05) is 6.92 Å². The van der Waals surface area contributed by atoms with Crippen LogP contribution in [0.4, 0.5) is 0 Å². The first kappa shape index (κ1) is 20.4.